The molecule has 0 bridgehead atoms. The van der Waals surface area contributed by atoms with Gasteiger partial charge in [0.05, 0.1) is 0 Å². The molecule has 0 aliphatic carbocycles. The number of nitrogens with zero attached hydrogens (tertiary/aromatic N) is 1. The van der Waals surface area contributed by atoms with E-state index in [1.54, 1.807) is 0 Å². The number of amides is 1. The smallest absolute Gasteiger partial charge is 0.222 e. The largest absolute Gasteiger partial charge is 0.339 e. The summed E-state index contributed by atoms with van der Waals surface area (Å²) in [7, 11) is 1.95. The minimum Gasteiger partial charge on any atom is -0.339 e. The fourth-order valence-electron chi connectivity index (χ4n) is 1.51. The van der Waals surface area contributed by atoms with E-state index < -0.39 is 0 Å². The van der Waals surface area contributed by atoms with Crippen LogP contribution in [0.4, 0.5) is 0 Å². The zero-order valence-corrected chi connectivity index (χ0v) is 9.71. The first-order valence-corrected chi connectivity index (χ1v) is 5.49. The molecule has 1 atom stereocenters. The molecule has 1 saturated heterocycles. The molecule has 0 saturated carbocycles. The summed E-state index contributed by atoms with van der Waals surface area (Å²) < 4.78 is 0. The van der Waals surface area contributed by atoms with E-state index in [2.05, 4.69) is 26.1 Å². The Balaban J connectivity index is 2.24. The van der Waals surface area contributed by atoms with Crippen molar-refractivity contribution in [3.8, 4) is 0 Å². The van der Waals surface area contributed by atoms with Gasteiger partial charge in [-0.3, -0.25) is 4.79 Å². The van der Waals surface area contributed by atoms with Crippen LogP contribution in [0.5, 0.6) is 0 Å². The van der Waals surface area contributed by atoms with Crippen molar-refractivity contribution in [2.75, 3.05) is 20.1 Å². The van der Waals surface area contributed by atoms with E-state index in [1.807, 2.05) is 11.9 Å². The van der Waals surface area contributed by atoms with Crippen LogP contribution >= 0.6 is 0 Å². The summed E-state index contributed by atoms with van der Waals surface area (Å²) in [5.74, 6) is 1.41. The highest BCUT2D eigenvalue weighted by atomic mass is 16.2. The van der Waals surface area contributed by atoms with E-state index in [9.17, 15) is 4.79 Å². The number of likely N-dealkylation sites (N-methyl/N-ethyl adjacent to an activating group) is 1. The number of likely N-dealkylation sites (tertiary alicyclic amines) is 1. The molecule has 1 rings (SSSR count). The Bertz CT molecular complexity index is 197. The Hall–Kier alpha value is -0.570. The summed E-state index contributed by atoms with van der Waals surface area (Å²) in [6, 6.07) is 0.522. The van der Waals surface area contributed by atoms with Crippen molar-refractivity contribution in [3.05, 3.63) is 0 Å². The lowest BCUT2D eigenvalue weighted by Gasteiger charge is -2.39. The lowest BCUT2D eigenvalue weighted by Crippen LogP contribution is -2.59. The standard InChI is InChI=1S/C11H22N2O/c1-8(2)9(3)5-11(14)13-6-10(7-13)12-4/h8-10,12H,5-7H2,1-4H3. The molecule has 1 heterocycles. The molecule has 1 aliphatic rings. The highest BCUT2D eigenvalue weighted by molar-refractivity contribution is 5.77. The van der Waals surface area contributed by atoms with Crippen LogP contribution in [0.1, 0.15) is 27.2 Å². The minimum atomic E-state index is 0.317. The number of carbonyl (C=O) groups excluding carboxylic acids is 1. The monoisotopic (exact) mass is 198 g/mol. The Morgan fingerprint density at radius 2 is 2.00 bits per heavy atom. The molecule has 1 unspecified atom stereocenters. The van der Waals surface area contributed by atoms with Gasteiger partial charge in [-0.2, -0.15) is 0 Å². The van der Waals surface area contributed by atoms with E-state index in [0.717, 1.165) is 13.1 Å². The number of rotatable bonds is 4. The maximum absolute atomic E-state index is 11.7. The minimum absolute atomic E-state index is 0.317. The summed E-state index contributed by atoms with van der Waals surface area (Å²) in [6.45, 7) is 8.27. The highest BCUT2D eigenvalue weighted by Crippen LogP contribution is 2.18. The van der Waals surface area contributed by atoms with E-state index in [1.165, 1.54) is 0 Å². The molecular formula is C11H22N2O. The summed E-state index contributed by atoms with van der Waals surface area (Å²) >= 11 is 0. The summed E-state index contributed by atoms with van der Waals surface area (Å²) in [6.07, 6.45) is 0.702. The molecule has 0 radical (unpaired) electrons. The highest BCUT2D eigenvalue weighted by Gasteiger charge is 2.29. The third kappa shape index (κ3) is 2.71. The van der Waals surface area contributed by atoms with Crippen LogP contribution in [0, 0.1) is 11.8 Å². The van der Waals surface area contributed by atoms with Gasteiger partial charge in [-0.15, -0.1) is 0 Å². The molecular weight excluding hydrogens is 176 g/mol. The summed E-state index contributed by atoms with van der Waals surface area (Å²) in [5, 5.41) is 3.17. The fourth-order valence-corrected chi connectivity index (χ4v) is 1.51. The quantitative estimate of drug-likeness (QED) is 0.733. The van der Waals surface area contributed by atoms with Crippen LogP contribution in [-0.2, 0) is 4.79 Å². The molecule has 1 amide bonds. The molecule has 0 aromatic heterocycles. The molecule has 0 spiro atoms. The van der Waals surface area contributed by atoms with Crippen molar-refractivity contribution in [1.29, 1.82) is 0 Å². The van der Waals surface area contributed by atoms with Crippen LogP contribution in [0.15, 0.2) is 0 Å². The van der Waals surface area contributed by atoms with Crippen molar-refractivity contribution in [1.82, 2.24) is 10.2 Å². The van der Waals surface area contributed by atoms with Crippen LogP contribution < -0.4 is 5.32 Å². The average Bonchev–Trinajstić information content (AvgIpc) is 2.01. The molecule has 1 aliphatic heterocycles. The van der Waals surface area contributed by atoms with Crippen LogP contribution in [0.25, 0.3) is 0 Å². The molecule has 3 nitrogen and oxygen atoms in total. The van der Waals surface area contributed by atoms with Crippen LogP contribution in [0.2, 0.25) is 0 Å². The fraction of sp³-hybridized carbons (Fsp3) is 0.909. The lowest BCUT2D eigenvalue weighted by molar-refractivity contribution is -0.137. The third-order valence-electron chi connectivity index (χ3n) is 3.28. The number of carbonyl (C=O) groups is 1. The van der Waals surface area contributed by atoms with E-state index in [4.69, 9.17) is 0 Å². The van der Waals surface area contributed by atoms with Crippen molar-refractivity contribution in [2.45, 2.75) is 33.2 Å². The van der Waals surface area contributed by atoms with E-state index >= 15 is 0 Å². The molecule has 1 fully saturated rings. The van der Waals surface area contributed by atoms with Gasteiger partial charge in [-0.1, -0.05) is 20.8 Å². The second-order valence-electron chi connectivity index (χ2n) is 4.71. The predicted molar refractivity (Wildman–Crippen MR) is 58.0 cm³/mol. The Morgan fingerprint density at radius 1 is 1.43 bits per heavy atom. The van der Waals surface area contributed by atoms with Crippen molar-refractivity contribution in [2.24, 2.45) is 11.8 Å². The first-order valence-electron chi connectivity index (χ1n) is 5.49. The Morgan fingerprint density at radius 3 is 2.43 bits per heavy atom. The van der Waals surface area contributed by atoms with Gasteiger partial charge in [0.2, 0.25) is 5.91 Å². The first kappa shape index (κ1) is 11.5. The van der Waals surface area contributed by atoms with Gasteiger partial charge in [-0.05, 0) is 18.9 Å². The van der Waals surface area contributed by atoms with Crippen molar-refractivity contribution in [3.63, 3.8) is 0 Å². The zero-order valence-electron chi connectivity index (χ0n) is 9.71. The maximum Gasteiger partial charge on any atom is 0.222 e. The van der Waals surface area contributed by atoms with Gasteiger partial charge in [-0.25, -0.2) is 0 Å². The molecule has 0 aromatic carbocycles. The normalized spacial score (nSPS) is 19.6. The number of nitrogens with one attached hydrogen (secondary N) is 1. The Labute approximate surface area is 86.9 Å². The van der Waals surface area contributed by atoms with E-state index in [-0.39, 0.29) is 0 Å². The molecule has 1 N–H and O–H groups in total. The average molecular weight is 198 g/mol. The SMILES string of the molecule is CNC1CN(C(=O)CC(C)C(C)C)C1. The van der Waals surface area contributed by atoms with Gasteiger partial charge < -0.3 is 10.2 Å². The number of hydrogen-bond donors (Lipinski definition) is 1. The van der Waals surface area contributed by atoms with Crippen molar-refractivity contribution < 1.29 is 4.79 Å². The maximum atomic E-state index is 11.7. The van der Waals surface area contributed by atoms with Gasteiger partial charge in [0, 0.05) is 25.6 Å². The zero-order chi connectivity index (χ0) is 10.7. The molecule has 0 aromatic rings. The molecule has 14 heavy (non-hydrogen) atoms. The molecule has 82 valence electrons. The van der Waals surface area contributed by atoms with Gasteiger partial charge >= 0.3 is 0 Å². The van der Waals surface area contributed by atoms with Gasteiger partial charge in [0.25, 0.3) is 0 Å². The first-order chi connectivity index (χ1) is 6.54. The second kappa shape index (κ2) is 4.78. The number of hydrogen-bond acceptors (Lipinski definition) is 2. The predicted octanol–water partition coefficient (Wildman–Crippen LogP) is 1.10. The van der Waals surface area contributed by atoms with E-state index in [0.29, 0.717) is 30.2 Å². The molecule has 3 heteroatoms. The third-order valence-corrected chi connectivity index (χ3v) is 3.28. The van der Waals surface area contributed by atoms with Gasteiger partial charge in [0.15, 0.2) is 0 Å². The summed E-state index contributed by atoms with van der Waals surface area (Å²) in [5.41, 5.74) is 0. The second-order valence-corrected chi connectivity index (χ2v) is 4.71. The summed E-state index contributed by atoms with van der Waals surface area (Å²) in [4.78, 5) is 13.6. The lowest BCUT2D eigenvalue weighted by atomic mass is 9.93. The van der Waals surface area contributed by atoms with Crippen LogP contribution in [-0.4, -0.2) is 37.0 Å². The van der Waals surface area contributed by atoms with Gasteiger partial charge in [0.1, 0.15) is 0 Å². The Kier molecular flexibility index (Phi) is 3.93. The van der Waals surface area contributed by atoms with Crippen LogP contribution in [0.3, 0.4) is 0 Å². The van der Waals surface area contributed by atoms with Crippen molar-refractivity contribution >= 4 is 5.91 Å². The topological polar surface area (TPSA) is 32.3 Å².